The predicted molar refractivity (Wildman–Crippen MR) is 73.3 cm³/mol. The lowest BCUT2D eigenvalue weighted by Gasteiger charge is -2.13. The Labute approximate surface area is 112 Å². The van der Waals surface area contributed by atoms with Crippen LogP contribution in [-0.4, -0.2) is 46.2 Å². The van der Waals surface area contributed by atoms with Gasteiger partial charge in [0.15, 0.2) is 0 Å². The van der Waals surface area contributed by atoms with Crippen LogP contribution in [0.25, 0.3) is 5.69 Å². The summed E-state index contributed by atoms with van der Waals surface area (Å²) < 4.78 is 1.79. The van der Waals surface area contributed by atoms with Crippen LogP contribution in [0.5, 0.6) is 0 Å². The number of hydrogen-bond acceptors (Lipinski definition) is 4. The van der Waals surface area contributed by atoms with E-state index in [1.165, 1.54) is 0 Å². The number of likely N-dealkylation sites (N-methyl/N-ethyl adjacent to an activating group) is 1. The summed E-state index contributed by atoms with van der Waals surface area (Å²) in [7, 11) is 3.72. The third-order valence-corrected chi connectivity index (χ3v) is 2.67. The van der Waals surface area contributed by atoms with Gasteiger partial charge in [-0.3, -0.25) is 9.36 Å². The number of nitrogens with one attached hydrogen (secondary N) is 1. The molecule has 0 atom stereocenters. The van der Waals surface area contributed by atoms with Gasteiger partial charge in [0.2, 0.25) is 5.91 Å². The molecule has 0 aliphatic heterocycles. The molecule has 0 spiro atoms. The van der Waals surface area contributed by atoms with Gasteiger partial charge in [-0.2, -0.15) is 0 Å². The zero-order valence-electron chi connectivity index (χ0n) is 11.3. The minimum atomic E-state index is -0.0333. The molecule has 0 aliphatic carbocycles. The minimum Gasteiger partial charge on any atom is -0.325 e. The number of amides is 1. The second-order valence-corrected chi connectivity index (χ2v) is 4.65. The van der Waals surface area contributed by atoms with Gasteiger partial charge in [-0.25, -0.2) is 0 Å². The van der Waals surface area contributed by atoms with Gasteiger partial charge in [0.1, 0.15) is 12.7 Å². The number of rotatable bonds is 4. The maximum atomic E-state index is 11.8. The Balaban J connectivity index is 2.20. The van der Waals surface area contributed by atoms with E-state index in [4.69, 9.17) is 0 Å². The molecule has 0 radical (unpaired) electrons. The van der Waals surface area contributed by atoms with Crippen LogP contribution < -0.4 is 5.32 Å². The van der Waals surface area contributed by atoms with E-state index in [0.29, 0.717) is 6.54 Å². The van der Waals surface area contributed by atoms with Crippen LogP contribution in [0.2, 0.25) is 0 Å². The number of aryl methyl sites for hydroxylation is 1. The summed E-state index contributed by atoms with van der Waals surface area (Å²) in [6, 6.07) is 5.83. The molecule has 0 bridgehead atoms. The highest BCUT2D eigenvalue weighted by Crippen LogP contribution is 2.19. The maximum absolute atomic E-state index is 11.8. The summed E-state index contributed by atoms with van der Waals surface area (Å²) >= 11 is 0. The van der Waals surface area contributed by atoms with Crippen molar-refractivity contribution in [2.45, 2.75) is 6.92 Å². The van der Waals surface area contributed by atoms with Crippen LogP contribution in [0, 0.1) is 6.92 Å². The van der Waals surface area contributed by atoms with Crippen LogP contribution in [-0.2, 0) is 4.79 Å². The van der Waals surface area contributed by atoms with Gasteiger partial charge in [0.25, 0.3) is 0 Å². The molecule has 1 aromatic carbocycles. The van der Waals surface area contributed by atoms with Crippen molar-refractivity contribution in [3.05, 3.63) is 36.4 Å². The number of carbonyl (C=O) groups is 1. The van der Waals surface area contributed by atoms with E-state index in [1.54, 1.807) is 17.2 Å². The van der Waals surface area contributed by atoms with Gasteiger partial charge >= 0.3 is 0 Å². The summed E-state index contributed by atoms with van der Waals surface area (Å²) in [5.74, 6) is -0.0333. The average molecular weight is 259 g/mol. The van der Waals surface area contributed by atoms with Crippen LogP contribution in [0.1, 0.15) is 5.56 Å². The van der Waals surface area contributed by atoms with Gasteiger partial charge in [-0.15, -0.1) is 10.2 Å². The molecule has 19 heavy (non-hydrogen) atoms. The third kappa shape index (κ3) is 3.38. The standard InChI is InChI=1S/C13H17N5O/c1-10-4-5-11(18-8-14-15-9-18)6-12(10)16-13(19)7-17(2)3/h4-6,8-9H,7H2,1-3H3,(H,16,19). The van der Waals surface area contributed by atoms with Gasteiger partial charge in [-0.05, 0) is 38.7 Å². The average Bonchev–Trinajstić information content (AvgIpc) is 2.84. The summed E-state index contributed by atoms with van der Waals surface area (Å²) in [6.45, 7) is 2.32. The fraction of sp³-hybridized carbons (Fsp3) is 0.308. The summed E-state index contributed by atoms with van der Waals surface area (Å²) in [4.78, 5) is 13.6. The molecule has 0 unspecified atom stereocenters. The third-order valence-electron chi connectivity index (χ3n) is 2.67. The molecule has 2 aromatic rings. The van der Waals surface area contributed by atoms with Crippen molar-refractivity contribution in [3.8, 4) is 5.69 Å². The first kappa shape index (κ1) is 13.2. The Kier molecular flexibility index (Phi) is 3.91. The quantitative estimate of drug-likeness (QED) is 0.892. The largest absolute Gasteiger partial charge is 0.325 e. The second kappa shape index (κ2) is 5.62. The van der Waals surface area contributed by atoms with E-state index in [1.807, 2.05) is 44.1 Å². The first-order valence-electron chi connectivity index (χ1n) is 5.96. The van der Waals surface area contributed by atoms with E-state index in [9.17, 15) is 4.79 Å². The zero-order valence-corrected chi connectivity index (χ0v) is 11.3. The van der Waals surface area contributed by atoms with Gasteiger partial charge in [0, 0.05) is 5.69 Å². The smallest absolute Gasteiger partial charge is 0.238 e. The molecule has 0 saturated carbocycles. The molecule has 1 aromatic heterocycles. The Morgan fingerprint density at radius 3 is 2.63 bits per heavy atom. The lowest BCUT2D eigenvalue weighted by Crippen LogP contribution is -2.27. The van der Waals surface area contributed by atoms with Crippen molar-refractivity contribution in [2.24, 2.45) is 0 Å². The van der Waals surface area contributed by atoms with E-state index in [2.05, 4.69) is 15.5 Å². The van der Waals surface area contributed by atoms with Crippen molar-refractivity contribution < 1.29 is 4.79 Å². The fourth-order valence-electron chi connectivity index (χ4n) is 1.72. The Morgan fingerprint density at radius 2 is 2.00 bits per heavy atom. The predicted octanol–water partition coefficient (Wildman–Crippen LogP) is 1.08. The first-order valence-corrected chi connectivity index (χ1v) is 5.96. The van der Waals surface area contributed by atoms with E-state index < -0.39 is 0 Å². The van der Waals surface area contributed by atoms with Crippen molar-refractivity contribution in [2.75, 3.05) is 26.0 Å². The molecule has 6 nitrogen and oxygen atoms in total. The zero-order chi connectivity index (χ0) is 13.8. The lowest BCUT2D eigenvalue weighted by molar-refractivity contribution is -0.116. The number of anilines is 1. The van der Waals surface area contributed by atoms with Crippen molar-refractivity contribution in [1.82, 2.24) is 19.7 Å². The van der Waals surface area contributed by atoms with Crippen LogP contribution in [0.3, 0.4) is 0 Å². The first-order chi connectivity index (χ1) is 9.06. The second-order valence-electron chi connectivity index (χ2n) is 4.65. The molecule has 0 aliphatic rings. The van der Waals surface area contributed by atoms with E-state index in [0.717, 1.165) is 16.9 Å². The molecule has 1 N–H and O–H groups in total. The Bertz CT molecular complexity index is 562. The van der Waals surface area contributed by atoms with Crippen molar-refractivity contribution in [3.63, 3.8) is 0 Å². The summed E-state index contributed by atoms with van der Waals surface area (Å²) in [6.07, 6.45) is 3.24. The number of carbonyl (C=O) groups excluding carboxylic acids is 1. The topological polar surface area (TPSA) is 63.1 Å². The molecule has 100 valence electrons. The Morgan fingerprint density at radius 1 is 1.32 bits per heavy atom. The monoisotopic (exact) mass is 259 g/mol. The highest BCUT2D eigenvalue weighted by Gasteiger charge is 2.07. The fourth-order valence-corrected chi connectivity index (χ4v) is 1.72. The molecule has 2 rings (SSSR count). The summed E-state index contributed by atoms with van der Waals surface area (Å²) in [5.41, 5.74) is 2.73. The van der Waals surface area contributed by atoms with Crippen LogP contribution in [0.15, 0.2) is 30.9 Å². The minimum absolute atomic E-state index is 0.0333. The molecule has 1 amide bonds. The van der Waals surface area contributed by atoms with Crippen molar-refractivity contribution in [1.29, 1.82) is 0 Å². The molecule has 0 fully saturated rings. The van der Waals surface area contributed by atoms with Gasteiger partial charge in [-0.1, -0.05) is 6.07 Å². The van der Waals surface area contributed by atoms with Crippen LogP contribution >= 0.6 is 0 Å². The Hall–Kier alpha value is -2.21. The highest BCUT2D eigenvalue weighted by atomic mass is 16.2. The van der Waals surface area contributed by atoms with Gasteiger partial charge in [0.05, 0.1) is 12.2 Å². The number of hydrogen-bond donors (Lipinski definition) is 1. The number of aromatic nitrogens is 3. The SMILES string of the molecule is Cc1ccc(-n2cnnc2)cc1NC(=O)CN(C)C. The number of nitrogens with zero attached hydrogens (tertiary/aromatic N) is 4. The van der Waals surface area contributed by atoms with Gasteiger partial charge < -0.3 is 10.2 Å². The van der Waals surface area contributed by atoms with E-state index >= 15 is 0 Å². The molecule has 1 heterocycles. The highest BCUT2D eigenvalue weighted by molar-refractivity contribution is 5.93. The summed E-state index contributed by atoms with van der Waals surface area (Å²) in [5, 5.41) is 10.4. The molecule has 0 saturated heterocycles. The lowest BCUT2D eigenvalue weighted by atomic mass is 10.1. The molecule has 6 heteroatoms. The normalized spacial score (nSPS) is 10.7. The molecular formula is C13H17N5O. The van der Waals surface area contributed by atoms with E-state index in [-0.39, 0.29) is 5.91 Å². The molecular weight excluding hydrogens is 242 g/mol. The maximum Gasteiger partial charge on any atom is 0.238 e. The van der Waals surface area contributed by atoms with Crippen LogP contribution in [0.4, 0.5) is 5.69 Å². The number of benzene rings is 1. The van der Waals surface area contributed by atoms with Crippen molar-refractivity contribution >= 4 is 11.6 Å².